The summed E-state index contributed by atoms with van der Waals surface area (Å²) in [5.41, 5.74) is 5.58. The third-order valence-electron chi connectivity index (χ3n) is 3.31. The molecule has 1 heterocycles. The monoisotopic (exact) mass is 228 g/mol. The maximum Gasteiger partial charge on any atom is 0.223 e. The highest BCUT2D eigenvalue weighted by atomic mass is 16.5. The smallest absolute Gasteiger partial charge is 0.223 e. The van der Waals surface area contributed by atoms with E-state index in [9.17, 15) is 4.79 Å². The second-order valence-electron chi connectivity index (χ2n) is 4.80. The van der Waals surface area contributed by atoms with E-state index < -0.39 is 0 Å². The first-order valence-corrected chi connectivity index (χ1v) is 6.19. The lowest BCUT2D eigenvalue weighted by molar-refractivity contribution is -0.144. The highest BCUT2D eigenvalue weighted by Gasteiger charge is 2.29. The van der Waals surface area contributed by atoms with E-state index in [1.807, 2.05) is 11.8 Å². The van der Waals surface area contributed by atoms with Crippen LogP contribution in [0.1, 0.15) is 33.6 Å². The van der Waals surface area contributed by atoms with Gasteiger partial charge in [-0.15, -0.1) is 0 Å². The maximum absolute atomic E-state index is 12.1. The summed E-state index contributed by atoms with van der Waals surface area (Å²) in [6, 6.07) is 0.180. The molecule has 0 bridgehead atoms. The Bertz CT molecular complexity index is 233. The standard InChI is InChI=1S/C12H24N2O2/c1-4-9(2)5-12(15)14-7-11(6-13)16-8-10(14)3/h9-11H,4-8,13H2,1-3H3. The van der Waals surface area contributed by atoms with Gasteiger partial charge in [0, 0.05) is 19.5 Å². The molecule has 2 N–H and O–H groups in total. The molecule has 16 heavy (non-hydrogen) atoms. The number of carbonyl (C=O) groups is 1. The molecule has 0 aliphatic carbocycles. The summed E-state index contributed by atoms with van der Waals surface area (Å²) in [6.07, 6.45) is 1.69. The number of nitrogens with two attached hydrogens (primary N) is 1. The van der Waals surface area contributed by atoms with Gasteiger partial charge in [0.1, 0.15) is 0 Å². The number of hydrogen-bond donors (Lipinski definition) is 1. The number of morpholine rings is 1. The largest absolute Gasteiger partial charge is 0.373 e. The van der Waals surface area contributed by atoms with E-state index in [1.165, 1.54) is 0 Å². The van der Waals surface area contributed by atoms with Crippen LogP contribution < -0.4 is 5.73 Å². The molecule has 1 saturated heterocycles. The molecule has 1 fully saturated rings. The molecular weight excluding hydrogens is 204 g/mol. The third-order valence-corrected chi connectivity index (χ3v) is 3.31. The zero-order chi connectivity index (χ0) is 12.1. The fraction of sp³-hybridized carbons (Fsp3) is 0.917. The van der Waals surface area contributed by atoms with Gasteiger partial charge in [0.05, 0.1) is 18.8 Å². The van der Waals surface area contributed by atoms with Crippen LogP contribution in [0.4, 0.5) is 0 Å². The normalized spacial score (nSPS) is 27.9. The van der Waals surface area contributed by atoms with E-state index in [0.29, 0.717) is 32.0 Å². The van der Waals surface area contributed by atoms with E-state index in [4.69, 9.17) is 10.5 Å². The van der Waals surface area contributed by atoms with E-state index >= 15 is 0 Å². The minimum Gasteiger partial charge on any atom is -0.373 e. The molecular formula is C12H24N2O2. The van der Waals surface area contributed by atoms with Crippen LogP contribution in [0.3, 0.4) is 0 Å². The van der Waals surface area contributed by atoms with E-state index in [0.717, 1.165) is 6.42 Å². The quantitative estimate of drug-likeness (QED) is 0.781. The molecule has 94 valence electrons. The number of rotatable bonds is 4. The summed E-state index contributed by atoms with van der Waals surface area (Å²) in [7, 11) is 0. The Hall–Kier alpha value is -0.610. The number of ether oxygens (including phenoxy) is 1. The van der Waals surface area contributed by atoms with Gasteiger partial charge in [0.25, 0.3) is 0 Å². The first kappa shape index (κ1) is 13.5. The van der Waals surface area contributed by atoms with Gasteiger partial charge in [-0.3, -0.25) is 4.79 Å². The second kappa shape index (κ2) is 6.21. The van der Waals surface area contributed by atoms with Crippen LogP contribution in [0.2, 0.25) is 0 Å². The van der Waals surface area contributed by atoms with Crippen molar-refractivity contribution in [1.29, 1.82) is 0 Å². The molecule has 1 amide bonds. The fourth-order valence-electron chi connectivity index (χ4n) is 1.87. The van der Waals surface area contributed by atoms with Crippen molar-refractivity contribution in [2.45, 2.75) is 45.8 Å². The molecule has 0 spiro atoms. The van der Waals surface area contributed by atoms with Crippen molar-refractivity contribution < 1.29 is 9.53 Å². The molecule has 1 aliphatic rings. The highest BCUT2D eigenvalue weighted by molar-refractivity contribution is 5.76. The van der Waals surface area contributed by atoms with Gasteiger partial charge >= 0.3 is 0 Å². The summed E-state index contributed by atoms with van der Waals surface area (Å²) in [6.45, 7) is 7.99. The minimum absolute atomic E-state index is 0.0112. The lowest BCUT2D eigenvalue weighted by Crippen LogP contribution is -2.53. The zero-order valence-electron chi connectivity index (χ0n) is 10.6. The van der Waals surface area contributed by atoms with Crippen molar-refractivity contribution in [3.63, 3.8) is 0 Å². The summed E-state index contributed by atoms with van der Waals surface area (Å²) >= 11 is 0. The predicted molar refractivity (Wildman–Crippen MR) is 64.0 cm³/mol. The van der Waals surface area contributed by atoms with Crippen LogP contribution in [0, 0.1) is 5.92 Å². The van der Waals surface area contributed by atoms with Gasteiger partial charge in [-0.05, 0) is 12.8 Å². The SMILES string of the molecule is CCC(C)CC(=O)N1CC(CN)OCC1C. The van der Waals surface area contributed by atoms with Crippen LogP contribution in [0.5, 0.6) is 0 Å². The molecule has 1 aliphatic heterocycles. The van der Waals surface area contributed by atoms with Crippen molar-refractivity contribution in [2.75, 3.05) is 19.7 Å². The average Bonchev–Trinajstić information content (AvgIpc) is 2.29. The first-order valence-electron chi connectivity index (χ1n) is 6.19. The van der Waals surface area contributed by atoms with Crippen molar-refractivity contribution in [2.24, 2.45) is 11.7 Å². The number of hydrogen-bond acceptors (Lipinski definition) is 3. The highest BCUT2D eigenvalue weighted by Crippen LogP contribution is 2.16. The Morgan fingerprint density at radius 1 is 1.62 bits per heavy atom. The average molecular weight is 228 g/mol. The first-order chi connectivity index (χ1) is 7.58. The lowest BCUT2D eigenvalue weighted by atomic mass is 10.0. The summed E-state index contributed by atoms with van der Waals surface area (Å²) in [4.78, 5) is 14.0. The minimum atomic E-state index is 0.0112. The molecule has 1 rings (SSSR count). The van der Waals surface area contributed by atoms with E-state index in [2.05, 4.69) is 13.8 Å². The third kappa shape index (κ3) is 3.46. The zero-order valence-corrected chi connectivity index (χ0v) is 10.6. The van der Waals surface area contributed by atoms with Crippen molar-refractivity contribution in [3.8, 4) is 0 Å². The van der Waals surface area contributed by atoms with Crippen LogP contribution in [0.15, 0.2) is 0 Å². The molecule has 0 radical (unpaired) electrons. The van der Waals surface area contributed by atoms with Crippen molar-refractivity contribution in [3.05, 3.63) is 0 Å². The topological polar surface area (TPSA) is 55.6 Å². The summed E-state index contributed by atoms with van der Waals surface area (Å²) < 4.78 is 5.53. The Balaban J connectivity index is 2.51. The Kier molecular flexibility index (Phi) is 5.22. The molecule has 3 atom stereocenters. The Morgan fingerprint density at radius 3 is 2.88 bits per heavy atom. The molecule has 0 saturated carbocycles. The fourth-order valence-corrected chi connectivity index (χ4v) is 1.87. The summed E-state index contributed by atoms with van der Waals surface area (Å²) in [5, 5.41) is 0. The van der Waals surface area contributed by atoms with Crippen LogP contribution >= 0.6 is 0 Å². The second-order valence-corrected chi connectivity index (χ2v) is 4.80. The van der Waals surface area contributed by atoms with Crippen LogP contribution in [-0.2, 0) is 9.53 Å². The van der Waals surface area contributed by atoms with E-state index in [-0.39, 0.29) is 18.1 Å². The van der Waals surface area contributed by atoms with Gasteiger partial charge in [0.15, 0.2) is 0 Å². The predicted octanol–water partition coefficient (Wildman–Crippen LogP) is 0.997. The Labute approximate surface area is 98.1 Å². The summed E-state index contributed by atoms with van der Waals surface area (Å²) in [5.74, 6) is 0.697. The van der Waals surface area contributed by atoms with E-state index in [1.54, 1.807) is 0 Å². The molecule has 0 aromatic carbocycles. The molecule has 4 nitrogen and oxygen atoms in total. The van der Waals surface area contributed by atoms with Gasteiger partial charge in [-0.25, -0.2) is 0 Å². The molecule has 4 heteroatoms. The van der Waals surface area contributed by atoms with Gasteiger partial charge < -0.3 is 15.4 Å². The number of nitrogens with zero attached hydrogens (tertiary/aromatic N) is 1. The van der Waals surface area contributed by atoms with Gasteiger partial charge in [-0.1, -0.05) is 20.3 Å². The van der Waals surface area contributed by atoms with Crippen LogP contribution in [-0.4, -0.2) is 42.6 Å². The van der Waals surface area contributed by atoms with Gasteiger partial charge in [-0.2, -0.15) is 0 Å². The Morgan fingerprint density at radius 2 is 2.31 bits per heavy atom. The van der Waals surface area contributed by atoms with Crippen molar-refractivity contribution in [1.82, 2.24) is 4.90 Å². The maximum atomic E-state index is 12.1. The molecule has 3 unspecified atom stereocenters. The number of amides is 1. The van der Waals surface area contributed by atoms with Crippen molar-refractivity contribution >= 4 is 5.91 Å². The van der Waals surface area contributed by atoms with Crippen LogP contribution in [0.25, 0.3) is 0 Å². The lowest BCUT2D eigenvalue weighted by Gasteiger charge is -2.38. The number of carbonyl (C=O) groups excluding carboxylic acids is 1. The molecule has 0 aromatic rings. The molecule has 0 aromatic heterocycles. The van der Waals surface area contributed by atoms with Gasteiger partial charge in [0.2, 0.25) is 5.91 Å².